The average molecular weight is 322 g/mol. The van der Waals surface area contributed by atoms with Crippen LogP contribution in [0.2, 0.25) is 5.02 Å². The molecule has 0 spiro atoms. The lowest BCUT2D eigenvalue weighted by molar-refractivity contribution is -0.118. The number of carbonyl (C=O) groups excluding carboxylic acids is 1. The fourth-order valence-corrected chi connectivity index (χ4v) is 2.72. The van der Waals surface area contributed by atoms with Crippen LogP contribution in [0.3, 0.4) is 0 Å². The molecule has 1 atom stereocenters. The zero-order chi connectivity index (χ0) is 15.7. The maximum atomic E-state index is 10.9. The Kier molecular flexibility index (Phi) is 3.89. The quantitative estimate of drug-likeness (QED) is 0.914. The Morgan fingerprint density at radius 3 is 3.14 bits per heavy atom. The molecular formula is C14H16ClN5O2. The van der Waals surface area contributed by atoms with Crippen molar-refractivity contribution in [1.29, 1.82) is 0 Å². The second-order valence-corrected chi connectivity index (χ2v) is 5.68. The van der Waals surface area contributed by atoms with Crippen LogP contribution in [0.4, 0.5) is 5.69 Å². The summed E-state index contributed by atoms with van der Waals surface area (Å²) in [6.07, 6.45) is 1.74. The second-order valence-electron chi connectivity index (χ2n) is 5.27. The molecule has 1 amide bonds. The van der Waals surface area contributed by atoms with E-state index >= 15 is 0 Å². The number of para-hydroxylation sites is 1. The molecule has 8 heteroatoms. The molecule has 3 rings (SSSR count). The molecule has 0 fully saturated rings. The molecule has 0 radical (unpaired) electrons. The minimum absolute atomic E-state index is 0.0214. The Morgan fingerprint density at radius 2 is 2.36 bits per heavy atom. The highest BCUT2D eigenvalue weighted by molar-refractivity contribution is 6.32. The van der Waals surface area contributed by atoms with Crippen LogP contribution in [-0.2, 0) is 17.9 Å². The SMILES string of the molecule is C[C@H]1CN(Cc2cn(CC(N)=O)nn2)c2cccc(Cl)c2O1. The Balaban J connectivity index is 1.82. The fourth-order valence-electron chi connectivity index (χ4n) is 2.50. The van der Waals surface area contributed by atoms with Crippen LogP contribution in [-0.4, -0.2) is 33.5 Å². The number of nitrogens with zero attached hydrogens (tertiary/aromatic N) is 4. The Morgan fingerprint density at radius 1 is 1.55 bits per heavy atom. The highest BCUT2D eigenvalue weighted by Crippen LogP contribution is 2.39. The van der Waals surface area contributed by atoms with Gasteiger partial charge in [0.25, 0.3) is 0 Å². The summed E-state index contributed by atoms with van der Waals surface area (Å²) in [7, 11) is 0. The van der Waals surface area contributed by atoms with Gasteiger partial charge in [0.1, 0.15) is 18.3 Å². The van der Waals surface area contributed by atoms with Crippen LogP contribution >= 0.6 is 11.6 Å². The number of amides is 1. The molecule has 116 valence electrons. The van der Waals surface area contributed by atoms with E-state index in [4.69, 9.17) is 22.1 Å². The van der Waals surface area contributed by atoms with Gasteiger partial charge in [-0.3, -0.25) is 4.79 Å². The Hall–Kier alpha value is -2.28. The number of fused-ring (bicyclic) bond motifs is 1. The van der Waals surface area contributed by atoms with Crippen LogP contribution in [0.1, 0.15) is 12.6 Å². The molecule has 7 nitrogen and oxygen atoms in total. The fraction of sp³-hybridized carbons (Fsp3) is 0.357. The van der Waals surface area contributed by atoms with Crippen molar-refractivity contribution in [3.8, 4) is 5.75 Å². The first-order chi connectivity index (χ1) is 10.5. The first-order valence-corrected chi connectivity index (χ1v) is 7.28. The number of benzene rings is 1. The standard InChI is InChI=1S/C14H16ClN5O2/c1-9-5-19(12-4-2-3-11(15)14(12)22-9)6-10-7-20(18-17-10)8-13(16)21/h2-4,7,9H,5-6,8H2,1H3,(H2,16,21)/t9-/m0/s1. The molecule has 0 bridgehead atoms. The van der Waals surface area contributed by atoms with Gasteiger partial charge in [-0.15, -0.1) is 5.10 Å². The van der Waals surface area contributed by atoms with Crippen LogP contribution < -0.4 is 15.4 Å². The number of rotatable bonds is 4. The van der Waals surface area contributed by atoms with Crippen LogP contribution in [0.5, 0.6) is 5.75 Å². The Labute approximate surface area is 132 Å². The molecule has 1 aromatic heterocycles. The summed E-state index contributed by atoms with van der Waals surface area (Å²) in [5, 5.41) is 8.56. The van der Waals surface area contributed by atoms with Gasteiger partial charge >= 0.3 is 0 Å². The third-order valence-electron chi connectivity index (χ3n) is 3.34. The van der Waals surface area contributed by atoms with Crippen LogP contribution in [0, 0.1) is 0 Å². The van der Waals surface area contributed by atoms with E-state index < -0.39 is 5.91 Å². The van der Waals surface area contributed by atoms with Crippen molar-refractivity contribution in [2.45, 2.75) is 26.1 Å². The van der Waals surface area contributed by atoms with Crippen molar-refractivity contribution in [2.24, 2.45) is 5.73 Å². The van der Waals surface area contributed by atoms with Crippen molar-refractivity contribution < 1.29 is 9.53 Å². The van der Waals surface area contributed by atoms with E-state index in [-0.39, 0.29) is 12.6 Å². The number of halogens is 1. The van der Waals surface area contributed by atoms with E-state index in [0.29, 0.717) is 17.3 Å². The van der Waals surface area contributed by atoms with Gasteiger partial charge in [-0.2, -0.15) is 0 Å². The second kappa shape index (κ2) is 5.84. The van der Waals surface area contributed by atoms with E-state index in [1.165, 1.54) is 4.68 Å². The van der Waals surface area contributed by atoms with E-state index in [1.807, 2.05) is 19.1 Å². The Bertz CT molecular complexity index is 702. The number of hydrogen-bond acceptors (Lipinski definition) is 5. The zero-order valence-corrected chi connectivity index (χ0v) is 12.8. The van der Waals surface area contributed by atoms with Gasteiger partial charge in [-0.1, -0.05) is 22.9 Å². The summed E-state index contributed by atoms with van der Waals surface area (Å²) < 4.78 is 7.24. The maximum absolute atomic E-state index is 10.9. The summed E-state index contributed by atoms with van der Waals surface area (Å²) >= 11 is 6.20. The lowest BCUT2D eigenvalue weighted by Crippen LogP contribution is -2.38. The summed E-state index contributed by atoms with van der Waals surface area (Å²) in [6.45, 7) is 3.29. The topological polar surface area (TPSA) is 86.3 Å². The first-order valence-electron chi connectivity index (χ1n) is 6.90. The number of nitrogens with two attached hydrogens (primary N) is 1. The van der Waals surface area contributed by atoms with Crippen molar-refractivity contribution in [2.75, 3.05) is 11.4 Å². The van der Waals surface area contributed by atoms with Gasteiger partial charge in [0.2, 0.25) is 5.91 Å². The number of anilines is 1. The summed E-state index contributed by atoms with van der Waals surface area (Å²) in [6, 6.07) is 5.65. The van der Waals surface area contributed by atoms with Crippen LogP contribution in [0.25, 0.3) is 0 Å². The lowest BCUT2D eigenvalue weighted by atomic mass is 10.2. The third-order valence-corrected chi connectivity index (χ3v) is 3.64. The molecular weight excluding hydrogens is 306 g/mol. The first kappa shape index (κ1) is 14.6. The monoisotopic (exact) mass is 321 g/mol. The predicted octanol–water partition coefficient (Wildman–Crippen LogP) is 1.20. The predicted molar refractivity (Wildman–Crippen MR) is 81.8 cm³/mol. The highest BCUT2D eigenvalue weighted by atomic mass is 35.5. The van der Waals surface area contributed by atoms with E-state index in [1.54, 1.807) is 12.3 Å². The van der Waals surface area contributed by atoms with Gasteiger partial charge in [0, 0.05) is 0 Å². The number of ether oxygens (including phenoxy) is 1. The van der Waals surface area contributed by atoms with Crippen molar-refractivity contribution >= 4 is 23.2 Å². The smallest absolute Gasteiger partial charge is 0.239 e. The zero-order valence-electron chi connectivity index (χ0n) is 12.1. The van der Waals surface area contributed by atoms with Crippen molar-refractivity contribution in [3.05, 3.63) is 35.1 Å². The van der Waals surface area contributed by atoms with Gasteiger partial charge in [0.15, 0.2) is 5.75 Å². The molecule has 0 aliphatic carbocycles. The molecule has 1 aromatic carbocycles. The van der Waals surface area contributed by atoms with E-state index in [9.17, 15) is 4.79 Å². The number of aromatic nitrogens is 3. The van der Waals surface area contributed by atoms with E-state index in [2.05, 4.69) is 15.2 Å². The van der Waals surface area contributed by atoms with Crippen LogP contribution in [0.15, 0.2) is 24.4 Å². The lowest BCUT2D eigenvalue weighted by Gasteiger charge is -2.34. The molecule has 22 heavy (non-hydrogen) atoms. The highest BCUT2D eigenvalue weighted by Gasteiger charge is 2.25. The van der Waals surface area contributed by atoms with Gasteiger partial charge in [0.05, 0.1) is 30.0 Å². The van der Waals surface area contributed by atoms with Crippen molar-refractivity contribution in [3.63, 3.8) is 0 Å². The number of carbonyl (C=O) groups is 1. The molecule has 0 saturated carbocycles. The summed E-state index contributed by atoms with van der Waals surface area (Å²) in [5.41, 5.74) is 6.82. The summed E-state index contributed by atoms with van der Waals surface area (Å²) in [4.78, 5) is 13.0. The average Bonchev–Trinajstić information content (AvgIpc) is 2.86. The minimum Gasteiger partial charge on any atom is -0.485 e. The molecule has 1 aliphatic rings. The number of hydrogen-bond donors (Lipinski definition) is 1. The van der Waals surface area contributed by atoms with Gasteiger partial charge < -0.3 is 15.4 Å². The molecule has 0 saturated heterocycles. The summed E-state index contributed by atoms with van der Waals surface area (Å²) in [5.74, 6) is 0.237. The maximum Gasteiger partial charge on any atom is 0.239 e. The van der Waals surface area contributed by atoms with Crippen molar-refractivity contribution in [1.82, 2.24) is 15.0 Å². The number of primary amides is 1. The molecule has 0 unspecified atom stereocenters. The normalized spacial score (nSPS) is 17.0. The largest absolute Gasteiger partial charge is 0.485 e. The van der Waals surface area contributed by atoms with E-state index in [0.717, 1.165) is 17.9 Å². The van der Waals surface area contributed by atoms with Gasteiger partial charge in [-0.25, -0.2) is 4.68 Å². The molecule has 2 N–H and O–H groups in total. The third kappa shape index (κ3) is 2.99. The molecule has 1 aliphatic heterocycles. The van der Waals surface area contributed by atoms with Gasteiger partial charge in [-0.05, 0) is 19.1 Å². The molecule has 2 heterocycles. The minimum atomic E-state index is -0.450. The molecule has 2 aromatic rings.